The fourth-order valence-electron chi connectivity index (χ4n) is 2.87. The Morgan fingerprint density at radius 3 is 2.46 bits per heavy atom. The van der Waals surface area contributed by atoms with Crippen molar-refractivity contribution in [2.45, 2.75) is 32.9 Å². The zero-order valence-electron chi connectivity index (χ0n) is 13.6. The molecule has 2 aromatic carbocycles. The molecule has 3 rings (SSSR count). The largest absolute Gasteiger partial charge is 0.389 e. The third-order valence-corrected chi connectivity index (χ3v) is 4.34. The first-order valence-electron chi connectivity index (χ1n) is 7.87. The van der Waals surface area contributed by atoms with Crippen LogP contribution in [0.2, 0.25) is 0 Å². The molecule has 0 amide bonds. The molecule has 1 nitrogen and oxygen atoms in total. The van der Waals surface area contributed by atoms with Crippen LogP contribution in [0.4, 0.5) is 13.2 Å². The van der Waals surface area contributed by atoms with Crippen LogP contribution < -0.4 is 0 Å². The molecule has 0 radical (unpaired) electrons. The third-order valence-electron chi connectivity index (χ3n) is 4.34. The zero-order chi connectivity index (χ0) is 17.3. The summed E-state index contributed by atoms with van der Waals surface area (Å²) in [6.45, 7) is 3.98. The van der Waals surface area contributed by atoms with Gasteiger partial charge in [-0.15, -0.1) is 0 Å². The van der Waals surface area contributed by atoms with E-state index in [9.17, 15) is 13.2 Å². The van der Waals surface area contributed by atoms with Crippen molar-refractivity contribution in [1.29, 1.82) is 0 Å². The van der Waals surface area contributed by atoms with Gasteiger partial charge >= 0.3 is 6.18 Å². The Hall–Kier alpha value is -2.36. The molecular formula is C20H18F3N. The van der Waals surface area contributed by atoms with Crippen molar-refractivity contribution in [3.05, 3.63) is 65.2 Å². The summed E-state index contributed by atoms with van der Waals surface area (Å²) in [7, 11) is 0. The van der Waals surface area contributed by atoms with Gasteiger partial charge in [0, 0.05) is 17.4 Å². The molecule has 4 heteroatoms. The molecule has 0 atom stereocenters. The van der Waals surface area contributed by atoms with Crippen molar-refractivity contribution in [2.24, 2.45) is 0 Å². The van der Waals surface area contributed by atoms with Gasteiger partial charge in [-0.3, -0.25) is 0 Å². The summed E-state index contributed by atoms with van der Waals surface area (Å²) in [6, 6.07) is 15.2. The fourth-order valence-corrected chi connectivity index (χ4v) is 2.87. The predicted molar refractivity (Wildman–Crippen MR) is 91.0 cm³/mol. The summed E-state index contributed by atoms with van der Waals surface area (Å²) in [4.78, 5) is 4.68. The van der Waals surface area contributed by atoms with Crippen molar-refractivity contribution in [2.75, 3.05) is 0 Å². The van der Waals surface area contributed by atoms with E-state index in [0.29, 0.717) is 11.3 Å². The van der Waals surface area contributed by atoms with Gasteiger partial charge in [-0.25, -0.2) is 4.98 Å². The van der Waals surface area contributed by atoms with Gasteiger partial charge in [0.15, 0.2) is 0 Å². The number of pyridine rings is 1. The van der Waals surface area contributed by atoms with Gasteiger partial charge in [-0.1, -0.05) is 36.4 Å². The Labute approximate surface area is 139 Å². The lowest BCUT2D eigenvalue weighted by atomic mass is 9.95. The Morgan fingerprint density at radius 1 is 0.958 bits per heavy atom. The molecule has 0 N–H and O–H groups in total. The van der Waals surface area contributed by atoms with Crippen LogP contribution in [0.25, 0.3) is 22.2 Å². The summed E-state index contributed by atoms with van der Waals surface area (Å²) < 4.78 is 38.1. The number of para-hydroxylation sites is 1. The second-order valence-corrected chi connectivity index (χ2v) is 6.05. The lowest BCUT2D eigenvalue weighted by molar-refractivity contribution is -0.133. The van der Waals surface area contributed by atoms with E-state index >= 15 is 0 Å². The van der Waals surface area contributed by atoms with Crippen LogP contribution in [0.5, 0.6) is 0 Å². The average Bonchev–Trinajstić information content (AvgIpc) is 2.54. The topological polar surface area (TPSA) is 12.9 Å². The average molecular weight is 329 g/mol. The van der Waals surface area contributed by atoms with Crippen molar-refractivity contribution in [1.82, 2.24) is 4.98 Å². The molecule has 0 aliphatic rings. The van der Waals surface area contributed by atoms with Crippen molar-refractivity contribution in [3.63, 3.8) is 0 Å². The summed E-state index contributed by atoms with van der Waals surface area (Å²) >= 11 is 0. The van der Waals surface area contributed by atoms with Crippen LogP contribution in [-0.2, 0) is 6.42 Å². The molecule has 0 spiro atoms. The second kappa shape index (κ2) is 6.27. The number of aryl methyl sites for hydroxylation is 2. The van der Waals surface area contributed by atoms with E-state index in [4.69, 9.17) is 0 Å². The molecule has 3 aromatic rings. The van der Waals surface area contributed by atoms with Crippen molar-refractivity contribution in [3.8, 4) is 11.3 Å². The summed E-state index contributed by atoms with van der Waals surface area (Å²) in [5, 5.41) is 0.865. The van der Waals surface area contributed by atoms with Crippen LogP contribution in [0.3, 0.4) is 0 Å². The standard InChI is InChI=1S/C20H18F3N/c1-13-6-5-8-17(14(13)2)19-16(10-11-20(21,22)23)12-15-7-3-4-9-18(15)24-19/h3-9,12H,10-11H2,1-2H3. The highest BCUT2D eigenvalue weighted by molar-refractivity contribution is 5.84. The summed E-state index contributed by atoms with van der Waals surface area (Å²) in [5.41, 5.74) is 5.14. The molecule has 0 bridgehead atoms. The van der Waals surface area contributed by atoms with Gasteiger partial charge in [0.2, 0.25) is 0 Å². The number of rotatable bonds is 3. The molecule has 124 valence electrons. The van der Waals surface area contributed by atoms with Gasteiger partial charge in [0.1, 0.15) is 0 Å². The highest BCUT2D eigenvalue weighted by Crippen LogP contribution is 2.32. The maximum atomic E-state index is 12.7. The number of benzene rings is 2. The number of fused-ring (bicyclic) bond motifs is 1. The Balaban J connectivity index is 2.18. The maximum absolute atomic E-state index is 12.7. The van der Waals surface area contributed by atoms with Crippen LogP contribution in [0.15, 0.2) is 48.5 Å². The first-order valence-corrected chi connectivity index (χ1v) is 7.87. The van der Waals surface area contributed by atoms with E-state index in [-0.39, 0.29) is 6.42 Å². The van der Waals surface area contributed by atoms with Crippen LogP contribution in [0, 0.1) is 13.8 Å². The van der Waals surface area contributed by atoms with Crippen molar-refractivity contribution >= 4 is 10.9 Å². The molecule has 0 aliphatic carbocycles. The SMILES string of the molecule is Cc1cccc(-c2nc3ccccc3cc2CCC(F)(F)F)c1C. The van der Waals surface area contributed by atoms with E-state index in [1.165, 1.54) is 0 Å². The number of aromatic nitrogens is 1. The summed E-state index contributed by atoms with van der Waals surface area (Å²) in [5.74, 6) is 0. The van der Waals surface area contributed by atoms with Crippen LogP contribution in [0.1, 0.15) is 23.1 Å². The minimum atomic E-state index is -4.18. The second-order valence-electron chi connectivity index (χ2n) is 6.05. The normalized spacial score (nSPS) is 11.9. The minimum absolute atomic E-state index is 0.0654. The monoisotopic (exact) mass is 329 g/mol. The molecule has 0 unspecified atom stereocenters. The lowest BCUT2D eigenvalue weighted by Gasteiger charge is -2.15. The highest BCUT2D eigenvalue weighted by Gasteiger charge is 2.27. The molecule has 0 saturated heterocycles. The number of alkyl halides is 3. The van der Waals surface area contributed by atoms with Crippen molar-refractivity contribution < 1.29 is 13.2 Å². The molecule has 24 heavy (non-hydrogen) atoms. The van der Waals surface area contributed by atoms with E-state index in [2.05, 4.69) is 4.98 Å². The van der Waals surface area contributed by atoms with Crippen LogP contribution >= 0.6 is 0 Å². The molecule has 0 fully saturated rings. The zero-order valence-corrected chi connectivity index (χ0v) is 13.6. The number of hydrogen-bond donors (Lipinski definition) is 0. The Bertz CT molecular complexity index is 882. The predicted octanol–water partition coefficient (Wildman–Crippen LogP) is 6.01. The number of hydrogen-bond acceptors (Lipinski definition) is 1. The van der Waals surface area contributed by atoms with Gasteiger partial charge in [0.05, 0.1) is 11.2 Å². The number of nitrogens with zero attached hydrogens (tertiary/aromatic N) is 1. The number of halogens is 3. The van der Waals surface area contributed by atoms with E-state index in [1.807, 2.05) is 62.4 Å². The molecule has 1 aromatic heterocycles. The molecular weight excluding hydrogens is 311 g/mol. The molecule has 0 aliphatic heterocycles. The van der Waals surface area contributed by atoms with Gasteiger partial charge in [-0.05, 0) is 49.1 Å². The molecule has 0 saturated carbocycles. The van der Waals surface area contributed by atoms with Crippen LogP contribution in [-0.4, -0.2) is 11.2 Å². The van der Waals surface area contributed by atoms with Gasteiger partial charge in [-0.2, -0.15) is 13.2 Å². The first kappa shape index (κ1) is 16.5. The Morgan fingerprint density at radius 2 is 1.71 bits per heavy atom. The highest BCUT2D eigenvalue weighted by atomic mass is 19.4. The fraction of sp³-hybridized carbons (Fsp3) is 0.250. The Kier molecular flexibility index (Phi) is 4.31. The van der Waals surface area contributed by atoms with Gasteiger partial charge in [0.25, 0.3) is 0 Å². The van der Waals surface area contributed by atoms with E-state index < -0.39 is 12.6 Å². The van der Waals surface area contributed by atoms with E-state index in [1.54, 1.807) is 0 Å². The summed E-state index contributed by atoms with van der Waals surface area (Å²) in [6.07, 6.45) is -5.08. The third kappa shape index (κ3) is 3.42. The lowest BCUT2D eigenvalue weighted by Crippen LogP contribution is -2.09. The maximum Gasteiger partial charge on any atom is 0.389 e. The first-order chi connectivity index (χ1) is 11.3. The van der Waals surface area contributed by atoms with Gasteiger partial charge < -0.3 is 0 Å². The molecule has 1 heterocycles. The smallest absolute Gasteiger partial charge is 0.247 e. The van der Waals surface area contributed by atoms with E-state index in [0.717, 1.165) is 27.6 Å². The minimum Gasteiger partial charge on any atom is -0.247 e. The quantitative estimate of drug-likeness (QED) is 0.573.